The van der Waals surface area contributed by atoms with Gasteiger partial charge in [-0.2, -0.15) is 10.5 Å². The zero-order valence-corrected chi connectivity index (χ0v) is 13.5. The van der Waals surface area contributed by atoms with E-state index in [1.807, 2.05) is 12.1 Å². The number of benzene rings is 1. The Balaban J connectivity index is 2.76. The number of phenols is 1. The molecule has 0 saturated carbocycles. The van der Waals surface area contributed by atoms with Crippen LogP contribution in [-0.2, 0) is 4.79 Å². The predicted octanol–water partition coefficient (Wildman–Crippen LogP) is 1.67. The summed E-state index contributed by atoms with van der Waals surface area (Å²) in [5.74, 6) is -0.567. The first kappa shape index (κ1) is 17.1. The second-order valence-corrected chi connectivity index (χ2v) is 5.87. The van der Waals surface area contributed by atoms with E-state index in [1.54, 1.807) is 19.1 Å². The van der Waals surface area contributed by atoms with Crippen LogP contribution in [0, 0.1) is 29.6 Å². The normalized spacial score (nSPS) is 9.96. The van der Waals surface area contributed by atoms with Crippen LogP contribution in [0.5, 0.6) is 5.75 Å². The SMILES string of the molecule is Cc1cc(-c2c(C#N)c(N)nc(SCC(N)=O)c2C#N)ccc1O. The number of aromatic nitrogens is 1. The van der Waals surface area contributed by atoms with Crippen LogP contribution in [0.3, 0.4) is 0 Å². The van der Waals surface area contributed by atoms with Crippen molar-refractivity contribution in [3.8, 4) is 29.0 Å². The van der Waals surface area contributed by atoms with Gasteiger partial charge in [0.25, 0.3) is 0 Å². The fourth-order valence-corrected chi connectivity index (χ4v) is 2.88. The predicted molar refractivity (Wildman–Crippen MR) is 89.8 cm³/mol. The van der Waals surface area contributed by atoms with Crippen molar-refractivity contribution >= 4 is 23.5 Å². The third-order valence-electron chi connectivity index (χ3n) is 3.25. The number of carbonyl (C=O) groups excluding carboxylic acids is 1. The Morgan fingerprint density at radius 1 is 1.33 bits per heavy atom. The summed E-state index contributed by atoms with van der Waals surface area (Å²) in [5.41, 5.74) is 12.6. The number of hydrogen-bond donors (Lipinski definition) is 3. The first-order valence-electron chi connectivity index (χ1n) is 6.73. The molecule has 0 unspecified atom stereocenters. The number of hydrogen-bond acceptors (Lipinski definition) is 7. The van der Waals surface area contributed by atoms with Crippen molar-refractivity contribution in [1.82, 2.24) is 4.98 Å². The summed E-state index contributed by atoms with van der Waals surface area (Å²) in [5, 5.41) is 28.9. The highest BCUT2D eigenvalue weighted by Crippen LogP contribution is 2.36. The summed E-state index contributed by atoms with van der Waals surface area (Å²) < 4.78 is 0. The topological polar surface area (TPSA) is 150 Å². The van der Waals surface area contributed by atoms with Crippen LogP contribution < -0.4 is 11.5 Å². The number of anilines is 1. The molecular formula is C16H13N5O2S. The van der Waals surface area contributed by atoms with Crippen molar-refractivity contribution in [1.29, 1.82) is 10.5 Å². The number of nitrogens with zero attached hydrogens (tertiary/aromatic N) is 3. The fraction of sp³-hybridized carbons (Fsp3) is 0.125. The van der Waals surface area contributed by atoms with Crippen LogP contribution in [0.2, 0.25) is 0 Å². The summed E-state index contributed by atoms with van der Waals surface area (Å²) in [6.07, 6.45) is 0. The molecule has 0 fully saturated rings. The van der Waals surface area contributed by atoms with Gasteiger partial charge in [-0.1, -0.05) is 17.8 Å². The zero-order chi connectivity index (χ0) is 17.9. The van der Waals surface area contributed by atoms with E-state index in [0.29, 0.717) is 16.7 Å². The number of nitrogen functional groups attached to an aromatic ring is 1. The van der Waals surface area contributed by atoms with Gasteiger partial charge in [0.05, 0.1) is 11.3 Å². The number of pyridine rings is 1. The molecule has 120 valence electrons. The minimum Gasteiger partial charge on any atom is -0.508 e. The smallest absolute Gasteiger partial charge is 0.227 e. The molecule has 2 rings (SSSR count). The number of nitriles is 2. The summed E-state index contributed by atoms with van der Waals surface area (Å²) in [6.45, 7) is 1.70. The lowest BCUT2D eigenvalue weighted by molar-refractivity contribution is -0.115. The molecule has 0 aliphatic heterocycles. The first-order valence-corrected chi connectivity index (χ1v) is 7.72. The van der Waals surface area contributed by atoms with Crippen molar-refractivity contribution in [2.75, 3.05) is 11.5 Å². The van der Waals surface area contributed by atoms with E-state index in [4.69, 9.17) is 11.5 Å². The number of carbonyl (C=O) groups is 1. The average Bonchev–Trinajstić information content (AvgIpc) is 2.54. The Labute approximate surface area is 142 Å². The number of nitrogens with two attached hydrogens (primary N) is 2. The summed E-state index contributed by atoms with van der Waals surface area (Å²) >= 11 is 0.982. The number of aromatic hydroxyl groups is 1. The lowest BCUT2D eigenvalue weighted by Gasteiger charge is -2.13. The van der Waals surface area contributed by atoms with Gasteiger partial charge in [-0.15, -0.1) is 0 Å². The molecule has 2 aromatic rings. The van der Waals surface area contributed by atoms with Crippen molar-refractivity contribution in [3.63, 3.8) is 0 Å². The van der Waals surface area contributed by atoms with E-state index < -0.39 is 5.91 Å². The highest BCUT2D eigenvalue weighted by Gasteiger charge is 2.21. The molecule has 0 radical (unpaired) electrons. The molecule has 1 aromatic heterocycles. The molecule has 0 spiro atoms. The quantitative estimate of drug-likeness (QED) is 0.717. The van der Waals surface area contributed by atoms with E-state index in [2.05, 4.69) is 4.98 Å². The number of amides is 1. The standard InChI is InChI=1S/C16H13N5O2S/c1-8-4-9(2-3-12(8)22)14-10(5-17)15(20)21-16(11(14)6-18)24-7-13(19)23/h2-4,22H,7H2,1H3,(H2,19,23)(H2,20,21). The summed E-state index contributed by atoms with van der Waals surface area (Å²) in [7, 11) is 0. The number of phenolic OH excluding ortho intramolecular Hbond substituents is 1. The van der Waals surface area contributed by atoms with Crippen LogP contribution in [-0.4, -0.2) is 21.8 Å². The van der Waals surface area contributed by atoms with Crippen molar-refractivity contribution in [3.05, 3.63) is 34.9 Å². The van der Waals surface area contributed by atoms with E-state index in [9.17, 15) is 20.4 Å². The largest absolute Gasteiger partial charge is 0.508 e. The second kappa shape index (κ2) is 6.90. The summed E-state index contributed by atoms with van der Waals surface area (Å²) in [6, 6.07) is 8.68. The molecule has 8 heteroatoms. The Hall–Kier alpha value is -3.23. The maximum Gasteiger partial charge on any atom is 0.227 e. The van der Waals surface area contributed by atoms with Gasteiger partial charge in [-0.25, -0.2) is 4.98 Å². The molecule has 1 amide bonds. The van der Waals surface area contributed by atoms with Crippen LogP contribution in [0.25, 0.3) is 11.1 Å². The first-order chi connectivity index (χ1) is 11.4. The Bertz CT molecular complexity index is 912. The van der Waals surface area contributed by atoms with Gasteiger partial charge in [0, 0.05) is 5.56 Å². The third-order valence-corrected chi connectivity index (χ3v) is 4.25. The molecule has 0 aliphatic carbocycles. The molecule has 1 aromatic carbocycles. The minimum atomic E-state index is -0.560. The monoisotopic (exact) mass is 339 g/mol. The van der Waals surface area contributed by atoms with Crippen molar-refractivity contribution < 1.29 is 9.90 Å². The highest BCUT2D eigenvalue weighted by atomic mass is 32.2. The molecule has 0 aliphatic rings. The molecule has 1 heterocycles. The second-order valence-electron chi connectivity index (χ2n) is 4.91. The Kier molecular flexibility index (Phi) is 4.93. The molecule has 7 nitrogen and oxygen atoms in total. The van der Waals surface area contributed by atoms with Crippen LogP contribution in [0.4, 0.5) is 5.82 Å². The fourth-order valence-electron chi connectivity index (χ4n) is 2.14. The van der Waals surface area contributed by atoms with Gasteiger partial charge in [0.2, 0.25) is 5.91 Å². The summed E-state index contributed by atoms with van der Waals surface area (Å²) in [4.78, 5) is 15.0. The van der Waals surface area contributed by atoms with Crippen molar-refractivity contribution in [2.24, 2.45) is 5.73 Å². The van der Waals surface area contributed by atoms with Gasteiger partial charge in [-0.05, 0) is 30.2 Å². The number of rotatable bonds is 4. The van der Waals surface area contributed by atoms with Crippen molar-refractivity contribution in [2.45, 2.75) is 11.9 Å². The third kappa shape index (κ3) is 3.24. The lowest BCUT2D eigenvalue weighted by atomic mass is 9.95. The van der Waals surface area contributed by atoms with Crippen LogP contribution in [0.15, 0.2) is 23.2 Å². The zero-order valence-electron chi connectivity index (χ0n) is 12.7. The van der Waals surface area contributed by atoms with E-state index >= 15 is 0 Å². The highest BCUT2D eigenvalue weighted by molar-refractivity contribution is 8.00. The minimum absolute atomic E-state index is 0.0378. The molecular weight excluding hydrogens is 326 g/mol. The van der Waals surface area contributed by atoms with Crippen LogP contribution in [0.1, 0.15) is 16.7 Å². The number of primary amides is 1. The molecule has 5 N–H and O–H groups in total. The average molecular weight is 339 g/mol. The molecule has 24 heavy (non-hydrogen) atoms. The number of thioether (sulfide) groups is 1. The number of aryl methyl sites for hydroxylation is 1. The van der Waals surface area contributed by atoms with Gasteiger partial charge >= 0.3 is 0 Å². The maximum atomic E-state index is 11.0. The van der Waals surface area contributed by atoms with Gasteiger partial charge < -0.3 is 16.6 Å². The van der Waals surface area contributed by atoms with Gasteiger partial charge in [0.1, 0.15) is 34.3 Å². The van der Waals surface area contributed by atoms with E-state index in [0.717, 1.165) is 11.8 Å². The molecule has 0 atom stereocenters. The molecule has 0 saturated heterocycles. The Morgan fingerprint density at radius 3 is 2.54 bits per heavy atom. The van der Waals surface area contributed by atoms with E-state index in [1.165, 1.54) is 6.07 Å². The van der Waals surface area contributed by atoms with Crippen LogP contribution >= 0.6 is 11.8 Å². The van der Waals surface area contributed by atoms with Gasteiger partial charge in [-0.3, -0.25) is 4.79 Å². The molecule has 0 bridgehead atoms. The van der Waals surface area contributed by atoms with Gasteiger partial charge in [0.15, 0.2) is 0 Å². The lowest BCUT2D eigenvalue weighted by Crippen LogP contribution is -2.14. The van der Waals surface area contributed by atoms with E-state index in [-0.39, 0.29) is 33.5 Å². The maximum absolute atomic E-state index is 11.0. The Morgan fingerprint density at radius 2 is 2.00 bits per heavy atom.